The van der Waals surface area contributed by atoms with Crippen LogP contribution in [0.15, 0.2) is 18.5 Å². The first kappa shape index (κ1) is 26.8. The lowest BCUT2D eigenvalue weighted by molar-refractivity contribution is -0.124. The van der Waals surface area contributed by atoms with E-state index in [1.54, 1.807) is 0 Å². The Kier molecular flexibility index (Phi) is 7.09. The second kappa shape index (κ2) is 10.6. The fourth-order valence-corrected chi connectivity index (χ4v) is 7.38. The number of ether oxygens (including phenoxy) is 1. The first-order chi connectivity index (χ1) is 19.2. The zero-order chi connectivity index (χ0) is 28.0. The minimum atomic E-state index is -3.00. The molecule has 0 spiro atoms. The molecule has 40 heavy (non-hydrogen) atoms. The summed E-state index contributed by atoms with van der Waals surface area (Å²) in [5, 5.41) is 3.52. The van der Waals surface area contributed by atoms with Gasteiger partial charge in [-0.15, -0.1) is 0 Å². The van der Waals surface area contributed by atoms with Gasteiger partial charge in [-0.05, 0) is 43.4 Å². The van der Waals surface area contributed by atoms with Crippen LogP contribution in [0.1, 0.15) is 55.4 Å². The number of rotatable bonds is 3. The van der Waals surface area contributed by atoms with Crippen molar-refractivity contribution in [2.24, 2.45) is 0 Å². The highest BCUT2D eigenvalue weighted by atomic mass is 32.2. The molecule has 0 bridgehead atoms. The summed E-state index contributed by atoms with van der Waals surface area (Å²) < 4.78 is 30.5. The largest absolute Gasteiger partial charge is 0.483 e. The van der Waals surface area contributed by atoms with E-state index in [1.165, 1.54) is 11.9 Å². The van der Waals surface area contributed by atoms with E-state index in [2.05, 4.69) is 51.1 Å². The molecule has 3 saturated heterocycles. The van der Waals surface area contributed by atoms with E-state index in [1.807, 2.05) is 23.6 Å². The van der Waals surface area contributed by atoms with E-state index in [9.17, 15) is 13.2 Å². The molecule has 1 N–H and O–H groups in total. The smallest absolute Gasteiger partial charge is 0.298 e. The van der Waals surface area contributed by atoms with E-state index in [0.717, 1.165) is 61.0 Å². The number of amides is 1. The number of likely N-dealkylation sites (tertiary alicyclic amines) is 2. The number of nitrogens with zero attached hydrogens (tertiary/aromatic N) is 5. The predicted molar refractivity (Wildman–Crippen MR) is 154 cm³/mol. The molecule has 3 fully saturated rings. The minimum Gasteiger partial charge on any atom is -0.483 e. The number of benzene rings is 1. The Morgan fingerprint density at radius 1 is 1.15 bits per heavy atom. The number of nitrogens with one attached hydrogen (secondary N) is 1. The lowest BCUT2D eigenvalue weighted by atomic mass is 9.88. The summed E-state index contributed by atoms with van der Waals surface area (Å²) in [5.74, 6) is 8.45. The zero-order valence-corrected chi connectivity index (χ0v) is 24.1. The molecule has 5 heterocycles. The van der Waals surface area contributed by atoms with E-state index in [0.29, 0.717) is 37.3 Å². The quantitative estimate of drug-likeness (QED) is 0.563. The van der Waals surface area contributed by atoms with Crippen molar-refractivity contribution in [2.45, 2.75) is 51.7 Å². The van der Waals surface area contributed by atoms with Crippen molar-refractivity contribution in [1.29, 1.82) is 0 Å². The Hall–Kier alpha value is -3.36. The number of hydrogen-bond donors (Lipinski definition) is 1. The Morgan fingerprint density at radius 3 is 2.67 bits per heavy atom. The van der Waals surface area contributed by atoms with Crippen molar-refractivity contribution >= 4 is 33.1 Å². The fraction of sp³-hybridized carbons (Fsp3) is 0.552. The predicted octanol–water partition coefficient (Wildman–Crippen LogP) is 2.63. The van der Waals surface area contributed by atoms with E-state index in [-0.39, 0.29) is 23.5 Å². The number of carbonyl (C=O) groups is 1. The third kappa shape index (κ3) is 5.10. The van der Waals surface area contributed by atoms with Crippen LogP contribution in [0.2, 0.25) is 0 Å². The van der Waals surface area contributed by atoms with Crippen molar-refractivity contribution in [1.82, 2.24) is 19.8 Å². The van der Waals surface area contributed by atoms with Gasteiger partial charge < -0.3 is 19.9 Å². The Bertz CT molecular complexity index is 1480. The van der Waals surface area contributed by atoms with Gasteiger partial charge in [0.1, 0.15) is 29.8 Å². The summed E-state index contributed by atoms with van der Waals surface area (Å²) in [4.78, 5) is 27.8. The second-order valence-electron chi connectivity index (χ2n) is 11.2. The van der Waals surface area contributed by atoms with Crippen LogP contribution in [0.3, 0.4) is 0 Å². The molecule has 1 aromatic heterocycles. The molecule has 1 unspecified atom stereocenters. The van der Waals surface area contributed by atoms with E-state index in [4.69, 9.17) is 4.74 Å². The number of aryl methyl sites for hydroxylation is 1. The zero-order valence-electron chi connectivity index (χ0n) is 23.3. The van der Waals surface area contributed by atoms with Crippen molar-refractivity contribution in [2.75, 3.05) is 61.0 Å². The van der Waals surface area contributed by atoms with Crippen LogP contribution in [0.25, 0.3) is 0 Å². The number of aromatic nitrogens is 2. The normalized spacial score (nSPS) is 24.0. The van der Waals surface area contributed by atoms with Crippen LogP contribution in [0, 0.1) is 18.8 Å². The highest BCUT2D eigenvalue weighted by Crippen LogP contribution is 2.45. The van der Waals surface area contributed by atoms with Gasteiger partial charge >= 0.3 is 0 Å². The number of sulfone groups is 1. The lowest BCUT2D eigenvalue weighted by Crippen LogP contribution is -2.51. The van der Waals surface area contributed by atoms with Crippen LogP contribution in [0.5, 0.6) is 5.75 Å². The second-order valence-corrected chi connectivity index (χ2v) is 13.5. The number of anilines is 3. The minimum absolute atomic E-state index is 0.0549. The molecule has 0 saturated carbocycles. The third-order valence-corrected chi connectivity index (χ3v) is 10.1. The molecule has 1 amide bonds. The van der Waals surface area contributed by atoms with Gasteiger partial charge in [-0.2, -0.15) is 0 Å². The highest BCUT2D eigenvalue weighted by molar-refractivity contribution is 7.91. The maximum Gasteiger partial charge on any atom is 0.298 e. The van der Waals surface area contributed by atoms with Crippen LogP contribution in [0.4, 0.5) is 17.3 Å². The van der Waals surface area contributed by atoms with Crippen molar-refractivity contribution < 1.29 is 17.9 Å². The van der Waals surface area contributed by atoms with Crippen molar-refractivity contribution in [3.05, 3.63) is 35.2 Å². The topological polar surface area (TPSA) is 108 Å². The maximum absolute atomic E-state index is 12.3. The first-order valence-corrected chi connectivity index (χ1v) is 15.9. The monoisotopic (exact) mass is 564 g/mol. The van der Waals surface area contributed by atoms with Gasteiger partial charge in [0.2, 0.25) is 0 Å². The summed E-state index contributed by atoms with van der Waals surface area (Å²) in [6.45, 7) is 10.3. The van der Waals surface area contributed by atoms with Gasteiger partial charge in [0.15, 0.2) is 9.84 Å². The average molecular weight is 565 g/mol. The third-order valence-electron chi connectivity index (χ3n) is 8.48. The van der Waals surface area contributed by atoms with E-state index < -0.39 is 9.84 Å². The molecule has 4 aliphatic rings. The number of carbonyl (C=O) groups excluding carboxylic acids is 1. The van der Waals surface area contributed by atoms with Crippen LogP contribution in [-0.2, 0) is 14.6 Å². The summed E-state index contributed by atoms with van der Waals surface area (Å²) in [6, 6.07) is 4.78. The molecule has 6 rings (SSSR count). The molecule has 4 aliphatic heterocycles. The van der Waals surface area contributed by atoms with Gasteiger partial charge in [0, 0.05) is 57.6 Å². The summed E-state index contributed by atoms with van der Waals surface area (Å²) in [6.07, 6.45) is 2.91. The van der Waals surface area contributed by atoms with Gasteiger partial charge in [0.05, 0.1) is 22.8 Å². The van der Waals surface area contributed by atoms with Crippen molar-refractivity contribution in [3.63, 3.8) is 0 Å². The highest BCUT2D eigenvalue weighted by Gasteiger charge is 2.38. The lowest BCUT2D eigenvalue weighted by Gasteiger charge is -2.43. The van der Waals surface area contributed by atoms with Gasteiger partial charge in [0.25, 0.3) is 5.91 Å². The number of hydrogen-bond acceptors (Lipinski definition) is 9. The summed E-state index contributed by atoms with van der Waals surface area (Å²) in [7, 11) is -3.00. The molecular weight excluding hydrogens is 528 g/mol. The molecular formula is C29H36N6O4S. The molecule has 11 heteroatoms. The Balaban J connectivity index is 1.17. The maximum atomic E-state index is 12.3. The molecule has 2 aromatic rings. The molecule has 2 atom stereocenters. The molecule has 0 aliphatic carbocycles. The fourth-order valence-electron chi connectivity index (χ4n) is 6.18. The first-order valence-electron chi connectivity index (χ1n) is 14.1. The summed E-state index contributed by atoms with van der Waals surface area (Å²) in [5.41, 5.74) is 4.05. The average Bonchev–Trinajstić information content (AvgIpc) is 3.32. The van der Waals surface area contributed by atoms with Crippen LogP contribution >= 0.6 is 0 Å². The van der Waals surface area contributed by atoms with Crippen LogP contribution < -0.4 is 15.0 Å². The molecule has 1 aromatic carbocycles. The molecule has 0 radical (unpaired) electrons. The van der Waals surface area contributed by atoms with Gasteiger partial charge in [-0.25, -0.2) is 18.4 Å². The van der Waals surface area contributed by atoms with Gasteiger partial charge in [-0.1, -0.05) is 18.9 Å². The Morgan fingerprint density at radius 2 is 1.93 bits per heavy atom. The van der Waals surface area contributed by atoms with Crippen LogP contribution in [-0.4, -0.2) is 90.9 Å². The number of fused-ring (bicyclic) bond motifs is 2. The van der Waals surface area contributed by atoms with Crippen molar-refractivity contribution in [3.8, 4) is 17.6 Å². The van der Waals surface area contributed by atoms with Gasteiger partial charge in [-0.3, -0.25) is 9.69 Å². The summed E-state index contributed by atoms with van der Waals surface area (Å²) >= 11 is 0. The SMILES string of the molecule is CCC#CC(=O)N1CCC(N2CC(c3cc(C)c4c(c3)Nc3ncnc(N5CCS(=O)(=O)CC5)c3[C@@H](C)O4)C2)C1. The van der Waals surface area contributed by atoms with E-state index >= 15 is 0 Å². The molecule has 10 nitrogen and oxygen atoms in total. The molecule has 212 valence electrons. The Labute approximate surface area is 236 Å². The standard InChI is InChI=1S/C29H36N6O4S/c1-4-5-6-25(36)34-8-7-23(17-34)35-15-22(16-35)21-13-19(2)27-24(14-21)32-28-26(20(3)39-27)29(31-18-30-28)33-9-11-40(37,38)12-10-33/h13-14,18,20,22-23H,4,7-12,15-17H2,1-3H3,(H,30,31,32)/t20-,23?/m1/s1.